The number of rotatable bonds is 4. The van der Waals surface area contributed by atoms with Gasteiger partial charge in [0.1, 0.15) is 0 Å². The van der Waals surface area contributed by atoms with Crippen LogP contribution in [-0.4, -0.2) is 18.4 Å². The molecule has 0 bridgehead atoms. The lowest BCUT2D eigenvalue weighted by atomic mass is 10.2. The van der Waals surface area contributed by atoms with Gasteiger partial charge in [0.25, 0.3) is 0 Å². The monoisotopic (exact) mass is 327 g/mol. The molecule has 0 fully saturated rings. The molecule has 0 amide bonds. The van der Waals surface area contributed by atoms with Crippen molar-refractivity contribution in [1.82, 2.24) is 14.7 Å². The average Bonchev–Trinajstić information content (AvgIpc) is 2.52. The van der Waals surface area contributed by atoms with Crippen molar-refractivity contribution >= 4 is 21.1 Å². The summed E-state index contributed by atoms with van der Waals surface area (Å²) in [5.74, 6) is 0. The van der Waals surface area contributed by atoms with Crippen molar-refractivity contribution in [1.29, 1.82) is 0 Å². The molecular formula is C17H17N3O2S. The van der Waals surface area contributed by atoms with Crippen LogP contribution < -0.4 is 4.72 Å². The molecule has 1 aromatic heterocycles. The number of nitrogens with zero attached hydrogens (tertiary/aromatic N) is 2. The number of hydrogen-bond donors (Lipinski definition) is 1. The van der Waals surface area contributed by atoms with Crippen LogP contribution in [0.4, 0.5) is 0 Å². The van der Waals surface area contributed by atoms with Crippen LogP contribution in [0.1, 0.15) is 16.8 Å². The number of nitrogens with one attached hydrogen (secondary N) is 1. The topological polar surface area (TPSA) is 72.0 Å². The molecule has 1 heterocycles. The Labute approximate surface area is 135 Å². The van der Waals surface area contributed by atoms with E-state index in [9.17, 15) is 8.42 Å². The predicted molar refractivity (Wildman–Crippen MR) is 89.5 cm³/mol. The first kappa shape index (κ1) is 15.6. The number of aryl methyl sites for hydroxylation is 2. The fourth-order valence-corrected chi connectivity index (χ4v) is 3.65. The van der Waals surface area contributed by atoms with Gasteiger partial charge in [-0.25, -0.2) is 18.1 Å². The summed E-state index contributed by atoms with van der Waals surface area (Å²) >= 11 is 0. The van der Waals surface area contributed by atoms with Gasteiger partial charge in [-0.15, -0.1) is 0 Å². The molecule has 0 saturated heterocycles. The number of hydrogen-bond acceptors (Lipinski definition) is 4. The Balaban J connectivity index is 1.83. The van der Waals surface area contributed by atoms with Crippen LogP contribution in [0.5, 0.6) is 0 Å². The lowest BCUT2D eigenvalue weighted by molar-refractivity contribution is 0.580. The quantitative estimate of drug-likeness (QED) is 0.800. The van der Waals surface area contributed by atoms with Crippen molar-refractivity contribution in [3.63, 3.8) is 0 Å². The van der Waals surface area contributed by atoms with E-state index in [1.807, 2.05) is 37.3 Å². The molecule has 0 radical (unpaired) electrons. The summed E-state index contributed by atoms with van der Waals surface area (Å²) in [6.45, 7) is 3.83. The Morgan fingerprint density at radius 2 is 1.78 bits per heavy atom. The Morgan fingerprint density at radius 1 is 1.04 bits per heavy atom. The van der Waals surface area contributed by atoms with E-state index in [1.54, 1.807) is 25.3 Å². The molecule has 23 heavy (non-hydrogen) atoms. The van der Waals surface area contributed by atoms with Gasteiger partial charge in [-0.2, -0.15) is 0 Å². The van der Waals surface area contributed by atoms with Gasteiger partial charge >= 0.3 is 0 Å². The highest BCUT2D eigenvalue weighted by Gasteiger charge is 2.16. The Hall–Kier alpha value is -2.31. The molecule has 1 N–H and O–H groups in total. The van der Waals surface area contributed by atoms with Gasteiger partial charge in [0.05, 0.1) is 34.4 Å². The second-order valence-corrected chi connectivity index (χ2v) is 7.18. The Kier molecular flexibility index (Phi) is 4.11. The minimum atomic E-state index is -3.58. The van der Waals surface area contributed by atoms with Crippen molar-refractivity contribution in [2.45, 2.75) is 25.3 Å². The van der Waals surface area contributed by atoms with Crippen molar-refractivity contribution < 1.29 is 8.42 Å². The first-order valence-electron chi connectivity index (χ1n) is 7.23. The molecular weight excluding hydrogens is 310 g/mol. The molecule has 0 aliphatic rings. The zero-order valence-corrected chi connectivity index (χ0v) is 13.8. The fourth-order valence-electron chi connectivity index (χ4n) is 2.43. The zero-order valence-electron chi connectivity index (χ0n) is 12.9. The summed E-state index contributed by atoms with van der Waals surface area (Å²) < 4.78 is 27.5. The largest absolute Gasteiger partial charge is 0.253 e. The fraction of sp³-hybridized carbons (Fsp3) is 0.176. The van der Waals surface area contributed by atoms with Crippen LogP contribution in [-0.2, 0) is 16.6 Å². The van der Waals surface area contributed by atoms with Gasteiger partial charge in [0.15, 0.2) is 0 Å². The second-order valence-electron chi connectivity index (χ2n) is 5.44. The van der Waals surface area contributed by atoms with E-state index < -0.39 is 10.0 Å². The van der Waals surface area contributed by atoms with E-state index in [0.29, 0.717) is 5.69 Å². The second kappa shape index (κ2) is 6.06. The van der Waals surface area contributed by atoms with Crippen LogP contribution in [0.25, 0.3) is 11.0 Å². The van der Waals surface area contributed by atoms with Crippen LogP contribution in [0.3, 0.4) is 0 Å². The van der Waals surface area contributed by atoms with Gasteiger partial charge in [-0.3, -0.25) is 4.98 Å². The van der Waals surface area contributed by atoms with E-state index in [4.69, 9.17) is 0 Å². The molecule has 0 aliphatic heterocycles. The van der Waals surface area contributed by atoms with Crippen molar-refractivity contribution in [3.05, 3.63) is 65.5 Å². The molecule has 3 rings (SSSR count). The smallest absolute Gasteiger partial charge is 0.241 e. The first-order chi connectivity index (χ1) is 11.0. The third-order valence-corrected chi connectivity index (χ3v) is 5.12. The predicted octanol–water partition coefficient (Wildman–Crippen LogP) is 2.73. The zero-order chi connectivity index (χ0) is 16.4. The summed E-state index contributed by atoms with van der Waals surface area (Å²) in [6, 6.07) is 12.7. The molecule has 3 aromatic rings. The highest BCUT2D eigenvalue weighted by Crippen LogP contribution is 2.16. The molecule has 0 spiro atoms. The van der Waals surface area contributed by atoms with E-state index in [2.05, 4.69) is 14.7 Å². The molecule has 0 unspecified atom stereocenters. The molecule has 0 aliphatic carbocycles. The highest BCUT2D eigenvalue weighted by atomic mass is 32.2. The minimum Gasteiger partial charge on any atom is -0.253 e. The summed E-state index contributed by atoms with van der Waals surface area (Å²) in [5.41, 5.74) is 3.87. The van der Waals surface area contributed by atoms with E-state index >= 15 is 0 Å². The number of fused-ring (bicyclic) bond motifs is 1. The molecule has 0 atom stereocenters. The van der Waals surface area contributed by atoms with E-state index in [-0.39, 0.29) is 11.4 Å². The summed E-state index contributed by atoms with van der Waals surface area (Å²) in [5, 5.41) is 0. The summed E-state index contributed by atoms with van der Waals surface area (Å²) in [6.07, 6.45) is 1.59. The molecule has 0 saturated carbocycles. The summed E-state index contributed by atoms with van der Waals surface area (Å²) in [7, 11) is -3.58. The number of benzene rings is 2. The maximum atomic E-state index is 12.4. The molecule has 118 valence electrons. The minimum absolute atomic E-state index is 0.105. The third-order valence-electron chi connectivity index (χ3n) is 3.56. The van der Waals surface area contributed by atoms with E-state index in [1.165, 1.54) is 0 Å². The van der Waals surface area contributed by atoms with Crippen LogP contribution in [0, 0.1) is 13.8 Å². The van der Waals surface area contributed by atoms with Crippen molar-refractivity contribution in [3.8, 4) is 0 Å². The van der Waals surface area contributed by atoms with Gasteiger partial charge in [-0.05, 0) is 37.6 Å². The normalized spacial score (nSPS) is 11.7. The van der Waals surface area contributed by atoms with Crippen molar-refractivity contribution in [2.24, 2.45) is 0 Å². The first-order valence-corrected chi connectivity index (χ1v) is 8.71. The van der Waals surface area contributed by atoms with Gasteiger partial charge in [0, 0.05) is 0 Å². The van der Waals surface area contributed by atoms with Gasteiger partial charge in [0.2, 0.25) is 10.0 Å². The van der Waals surface area contributed by atoms with Gasteiger partial charge < -0.3 is 0 Å². The lowest BCUT2D eigenvalue weighted by Crippen LogP contribution is -2.24. The number of aromatic nitrogens is 2. The molecule has 5 nitrogen and oxygen atoms in total. The van der Waals surface area contributed by atoms with Crippen LogP contribution in [0.15, 0.2) is 53.6 Å². The lowest BCUT2D eigenvalue weighted by Gasteiger charge is -2.10. The van der Waals surface area contributed by atoms with Gasteiger partial charge in [-0.1, -0.05) is 29.8 Å². The highest BCUT2D eigenvalue weighted by molar-refractivity contribution is 7.89. The number of para-hydroxylation sites is 2. The maximum Gasteiger partial charge on any atom is 0.241 e. The molecule has 2 aromatic carbocycles. The molecule has 6 heteroatoms. The Morgan fingerprint density at radius 3 is 2.52 bits per heavy atom. The summed E-state index contributed by atoms with van der Waals surface area (Å²) in [4.78, 5) is 8.99. The van der Waals surface area contributed by atoms with Crippen LogP contribution >= 0.6 is 0 Å². The van der Waals surface area contributed by atoms with Crippen LogP contribution in [0.2, 0.25) is 0 Å². The SMILES string of the molecule is Cc1ccc(S(=O)(=O)NCc2cnc3ccccc3n2)c(C)c1. The Bertz CT molecular complexity index is 968. The van der Waals surface area contributed by atoms with Crippen molar-refractivity contribution in [2.75, 3.05) is 0 Å². The standard InChI is InChI=1S/C17H17N3O2S/c1-12-7-8-17(13(2)9-12)23(21,22)19-11-14-10-18-15-5-3-4-6-16(15)20-14/h3-10,19H,11H2,1-2H3. The third kappa shape index (κ3) is 3.38. The average molecular weight is 327 g/mol. The maximum absolute atomic E-state index is 12.4. The number of sulfonamides is 1. The van der Waals surface area contributed by atoms with E-state index in [0.717, 1.165) is 22.2 Å².